The van der Waals surface area contributed by atoms with Crippen LogP contribution in [0.4, 0.5) is 5.82 Å². The largest absolute Gasteiger partial charge is 0.320 e. The first-order valence-corrected chi connectivity index (χ1v) is 4.65. The number of amides is 1. The maximum Gasteiger partial charge on any atom is 0.242 e. The Labute approximate surface area is 107 Å². The second-order valence-electron chi connectivity index (χ2n) is 3.70. The van der Waals surface area contributed by atoms with E-state index in [0.717, 1.165) is 0 Å². The van der Waals surface area contributed by atoms with Gasteiger partial charge in [-0.2, -0.15) is 5.10 Å². The summed E-state index contributed by atoms with van der Waals surface area (Å²) in [6.07, 6.45) is 2.25. The van der Waals surface area contributed by atoms with Crippen LogP contribution in [0, 0.1) is 5.92 Å². The zero-order chi connectivity index (χ0) is 10.6. The van der Waals surface area contributed by atoms with Crippen LogP contribution >= 0.6 is 24.8 Å². The fourth-order valence-electron chi connectivity index (χ4n) is 1.17. The Kier molecular flexibility index (Phi) is 9.22. The van der Waals surface area contributed by atoms with Crippen LogP contribution in [0.5, 0.6) is 0 Å². The monoisotopic (exact) mass is 268 g/mol. The van der Waals surface area contributed by atoms with E-state index in [-0.39, 0.29) is 30.7 Å². The minimum Gasteiger partial charge on any atom is -0.320 e. The molecule has 0 saturated heterocycles. The van der Waals surface area contributed by atoms with E-state index in [0.29, 0.717) is 18.2 Å². The summed E-state index contributed by atoms with van der Waals surface area (Å²) in [6.45, 7) is 4.06. The number of H-pyrrole nitrogens is 1. The average molecular weight is 269 g/mol. The minimum absolute atomic E-state index is 0. The number of hydrogen-bond donors (Lipinski definition) is 3. The van der Waals surface area contributed by atoms with Crippen molar-refractivity contribution < 1.29 is 4.79 Å². The molecule has 1 heterocycles. The van der Waals surface area contributed by atoms with Crippen LogP contribution in [0.15, 0.2) is 12.3 Å². The van der Waals surface area contributed by atoms with Gasteiger partial charge in [0.15, 0.2) is 0 Å². The van der Waals surface area contributed by atoms with E-state index in [4.69, 9.17) is 5.73 Å². The van der Waals surface area contributed by atoms with Gasteiger partial charge in [0.1, 0.15) is 5.82 Å². The van der Waals surface area contributed by atoms with Crippen LogP contribution in [0.3, 0.4) is 0 Å². The number of carbonyl (C=O) groups excluding carboxylic acids is 1. The second-order valence-corrected chi connectivity index (χ2v) is 3.70. The van der Waals surface area contributed by atoms with E-state index in [1.165, 1.54) is 0 Å². The first-order valence-electron chi connectivity index (χ1n) is 4.65. The fraction of sp³-hybridized carbons (Fsp3) is 0.556. The molecule has 0 aliphatic heterocycles. The molecule has 0 fully saturated rings. The summed E-state index contributed by atoms with van der Waals surface area (Å²) in [7, 11) is 0. The number of halogens is 2. The normalized spacial score (nSPS) is 11.2. The number of nitrogens with one attached hydrogen (secondary N) is 2. The summed E-state index contributed by atoms with van der Waals surface area (Å²) in [5.74, 6) is 0.815. The second kappa shape index (κ2) is 8.38. The highest BCUT2D eigenvalue weighted by Gasteiger charge is 2.15. The van der Waals surface area contributed by atoms with Crippen LogP contribution in [-0.2, 0) is 4.79 Å². The van der Waals surface area contributed by atoms with Crippen molar-refractivity contribution in [3.05, 3.63) is 12.3 Å². The molecule has 0 aromatic carbocycles. The molecule has 0 aliphatic carbocycles. The summed E-state index contributed by atoms with van der Waals surface area (Å²) >= 11 is 0. The molecule has 1 amide bonds. The van der Waals surface area contributed by atoms with Crippen LogP contribution in [0.25, 0.3) is 0 Å². The molecular weight excluding hydrogens is 251 g/mol. The van der Waals surface area contributed by atoms with E-state index in [1.807, 2.05) is 13.8 Å². The van der Waals surface area contributed by atoms with Crippen molar-refractivity contribution >= 4 is 36.5 Å². The molecule has 5 nitrogen and oxygen atoms in total. The van der Waals surface area contributed by atoms with Gasteiger partial charge in [0.25, 0.3) is 0 Å². The molecule has 94 valence electrons. The summed E-state index contributed by atoms with van der Waals surface area (Å²) in [5, 5.41) is 9.00. The number of anilines is 1. The molecule has 4 N–H and O–H groups in total. The van der Waals surface area contributed by atoms with E-state index in [9.17, 15) is 4.79 Å². The highest BCUT2D eigenvalue weighted by atomic mass is 35.5. The molecular formula is C9H18Cl2N4O. The lowest BCUT2D eigenvalue weighted by molar-refractivity contribution is -0.117. The molecule has 0 aliphatic rings. The standard InChI is InChI=1S/C9H16N4O.2ClH/c1-6(2)5-7(10)9(14)12-8-3-4-11-13-8;;/h3-4,6-7H,5,10H2,1-2H3,(H2,11,12,13,14);2*1H. The summed E-state index contributed by atoms with van der Waals surface area (Å²) in [6, 6.07) is 1.22. The molecule has 0 saturated carbocycles. The number of aromatic amines is 1. The van der Waals surface area contributed by atoms with Crippen molar-refractivity contribution in [3.8, 4) is 0 Å². The lowest BCUT2D eigenvalue weighted by Crippen LogP contribution is -2.36. The van der Waals surface area contributed by atoms with Gasteiger partial charge in [0, 0.05) is 6.07 Å². The van der Waals surface area contributed by atoms with Gasteiger partial charge in [0.2, 0.25) is 5.91 Å². The SMILES string of the molecule is CC(C)CC(N)C(=O)Nc1ccn[nH]1.Cl.Cl. The van der Waals surface area contributed by atoms with Gasteiger partial charge in [0.05, 0.1) is 12.2 Å². The van der Waals surface area contributed by atoms with Crippen molar-refractivity contribution in [2.24, 2.45) is 11.7 Å². The molecule has 7 heteroatoms. The van der Waals surface area contributed by atoms with Crippen molar-refractivity contribution in [1.29, 1.82) is 0 Å². The van der Waals surface area contributed by atoms with Gasteiger partial charge in [-0.25, -0.2) is 0 Å². The summed E-state index contributed by atoms with van der Waals surface area (Å²) < 4.78 is 0. The number of hydrogen-bond acceptors (Lipinski definition) is 3. The van der Waals surface area contributed by atoms with Crippen LogP contribution in [0.1, 0.15) is 20.3 Å². The van der Waals surface area contributed by atoms with E-state index < -0.39 is 6.04 Å². The lowest BCUT2D eigenvalue weighted by Gasteiger charge is -2.12. The molecule has 0 bridgehead atoms. The molecule has 0 spiro atoms. The topological polar surface area (TPSA) is 83.8 Å². The number of rotatable bonds is 4. The van der Waals surface area contributed by atoms with Gasteiger partial charge in [-0.3, -0.25) is 9.89 Å². The van der Waals surface area contributed by atoms with Crippen LogP contribution < -0.4 is 11.1 Å². The van der Waals surface area contributed by atoms with Crippen LogP contribution in [0.2, 0.25) is 0 Å². The molecule has 1 rings (SSSR count). The third-order valence-electron chi connectivity index (χ3n) is 1.82. The van der Waals surface area contributed by atoms with Gasteiger partial charge < -0.3 is 11.1 Å². The van der Waals surface area contributed by atoms with Crippen LogP contribution in [-0.4, -0.2) is 22.1 Å². The molecule has 0 radical (unpaired) electrons. The van der Waals surface area contributed by atoms with Crippen molar-refractivity contribution in [2.75, 3.05) is 5.32 Å². The Morgan fingerprint density at radius 3 is 2.62 bits per heavy atom. The highest BCUT2D eigenvalue weighted by Crippen LogP contribution is 2.05. The first-order chi connectivity index (χ1) is 6.59. The van der Waals surface area contributed by atoms with Crippen molar-refractivity contribution in [2.45, 2.75) is 26.3 Å². The molecule has 1 aromatic rings. The van der Waals surface area contributed by atoms with Gasteiger partial charge >= 0.3 is 0 Å². The van der Waals surface area contributed by atoms with Gasteiger partial charge in [-0.05, 0) is 12.3 Å². The van der Waals surface area contributed by atoms with E-state index >= 15 is 0 Å². The smallest absolute Gasteiger partial charge is 0.242 e. The first kappa shape index (κ1) is 17.6. The summed E-state index contributed by atoms with van der Waals surface area (Å²) in [5.41, 5.74) is 5.69. The zero-order valence-corrected chi connectivity index (χ0v) is 10.9. The van der Waals surface area contributed by atoms with E-state index in [2.05, 4.69) is 15.5 Å². The maximum absolute atomic E-state index is 11.5. The predicted molar refractivity (Wildman–Crippen MR) is 69.1 cm³/mol. The quantitative estimate of drug-likeness (QED) is 0.775. The zero-order valence-electron chi connectivity index (χ0n) is 9.27. The lowest BCUT2D eigenvalue weighted by atomic mass is 10.0. The Morgan fingerprint density at radius 2 is 2.19 bits per heavy atom. The Morgan fingerprint density at radius 1 is 1.56 bits per heavy atom. The van der Waals surface area contributed by atoms with Crippen molar-refractivity contribution in [1.82, 2.24) is 10.2 Å². The highest BCUT2D eigenvalue weighted by molar-refractivity contribution is 5.93. The van der Waals surface area contributed by atoms with E-state index in [1.54, 1.807) is 12.3 Å². The number of aromatic nitrogens is 2. The molecule has 16 heavy (non-hydrogen) atoms. The predicted octanol–water partition coefficient (Wildman–Crippen LogP) is 1.57. The molecule has 1 atom stereocenters. The Hall–Kier alpha value is -0.780. The molecule has 1 unspecified atom stereocenters. The number of carbonyl (C=O) groups is 1. The number of nitrogens with two attached hydrogens (primary N) is 1. The number of nitrogens with zero attached hydrogens (tertiary/aromatic N) is 1. The van der Waals surface area contributed by atoms with Gasteiger partial charge in [-0.15, -0.1) is 24.8 Å². The Bertz CT molecular complexity index is 290. The third kappa shape index (κ3) is 5.95. The average Bonchev–Trinajstić information content (AvgIpc) is 2.55. The minimum atomic E-state index is -0.460. The third-order valence-corrected chi connectivity index (χ3v) is 1.82. The fourth-order valence-corrected chi connectivity index (χ4v) is 1.17. The van der Waals surface area contributed by atoms with Gasteiger partial charge in [-0.1, -0.05) is 13.8 Å². The van der Waals surface area contributed by atoms with Crippen molar-refractivity contribution in [3.63, 3.8) is 0 Å². The summed E-state index contributed by atoms with van der Waals surface area (Å²) in [4.78, 5) is 11.5. The molecule has 1 aromatic heterocycles. The maximum atomic E-state index is 11.5. The Balaban J connectivity index is 0.